The van der Waals surface area contributed by atoms with Crippen molar-refractivity contribution in [2.24, 2.45) is 11.3 Å². The highest BCUT2D eigenvalue weighted by Crippen LogP contribution is 2.48. The van der Waals surface area contributed by atoms with Crippen molar-refractivity contribution in [2.45, 2.75) is 71.0 Å². The highest BCUT2D eigenvalue weighted by molar-refractivity contribution is 5.04. The lowest BCUT2D eigenvalue weighted by molar-refractivity contribution is -0.187. The SMILES string of the molecule is CC.N#CC1(CCC2CC2)CCC2(CC1)OCCO2. The number of nitriles is 1. The minimum atomic E-state index is -0.320. The summed E-state index contributed by atoms with van der Waals surface area (Å²) in [5, 5.41) is 9.47. The second-order valence-corrected chi connectivity index (χ2v) is 5.98. The largest absolute Gasteiger partial charge is 0.348 e. The molecule has 19 heavy (non-hydrogen) atoms. The van der Waals surface area contributed by atoms with Crippen LogP contribution in [0.2, 0.25) is 0 Å². The van der Waals surface area contributed by atoms with Gasteiger partial charge in [0.1, 0.15) is 0 Å². The Morgan fingerprint density at radius 2 is 1.63 bits per heavy atom. The predicted octanol–water partition coefficient (Wildman–Crippen LogP) is 4.03. The summed E-state index contributed by atoms with van der Waals surface area (Å²) in [4.78, 5) is 0. The third-order valence-corrected chi connectivity index (χ3v) is 4.75. The van der Waals surface area contributed by atoms with E-state index < -0.39 is 0 Å². The van der Waals surface area contributed by atoms with Crippen molar-refractivity contribution >= 4 is 0 Å². The maximum atomic E-state index is 9.47. The molecule has 3 heteroatoms. The standard InChI is InChI=1S/C14H21NO2.C2H6/c15-11-13(4-3-12-1-2-12)5-7-14(8-6-13)16-9-10-17-14;1-2/h12H,1-10H2;1-2H3. The van der Waals surface area contributed by atoms with E-state index in [1.54, 1.807) is 0 Å². The Balaban J connectivity index is 0.000000637. The van der Waals surface area contributed by atoms with E-state index in [4.69, 9.17) is 9.47 Å². The Morgan fingerprint density at radius 3 is 2.11 bits per heavy atom. The topological polar surface area (TPSA) is 42.2 Å². The highest BCUT2D eigenvalue weighted by atomic mass is 16.7. The van der Waals surface area contributed by atoms with Gasteiger partial charge in [0.25, 0.3) is 0 Å². The lowest BCUT2D eigenvalue weighted by Gasteiger charge is -2.39. The molecule has 0 unspecified atom stereocenters. The molecule has 0 radical (unpaired) electrons. The fourth-order valence-corrected chi connectivity index (χ4v) is 3.20. The van der Waals surface area contributed by atoms with Gasteiger partial charge in [-0.2, -0.15) is 5.26 Å². The van der Waals surface area contributed by atoms with Crippen molar-refractivity contribution in [3.05, 3.63) is 0 Å². The average Bonchev–Trinajstić information content (AvgIpc) is 3.21. The summed E-state index contributed by atoms with van der Waals surface area (Å²) < 4.78 is 11.5. The van der Waals surface area contributed by atoms with Crippen molar-refractivity contribution in [1.82, 2.24) is 0 Å². The number of hydrogen-bond donors (Lipinski definition) is 0. The molecule has 0 bridgehead atoms. The first kappa shape index (κ1) is 14.8. The number of ether oxygens (including phenoxy) is 2. The van der Waals surface area contributed by atoms with Crippen LogP contribution < -0.4 is 0 Å². The number of rotatable bonds is 3. The maximum absolute atomic E-state index is 9.47. The molecule has 2 aliphatic carbocycles. The molecule has 0 N–H and O–H groups in total. The van der Waals surface area contributed by atoms with Gasteiger partial charge in [0.15, 0.2) is 5.79 Å². The van der Waals surface area contributed by atoms with Gasteiger partial charge < -0.3 is 9.47 Å². The maximum Gasteiger partial charge on any atom is 0.168 e. The van der Waals surface area contributed by atoms with Gasteiger partial charge in [-0.15, -0.1) is 0 Å². The molecule has 3 rings (SSSR count). The first-order valence-electron chi connectivity index (χ1n) is 7.95. The molecular weight excluding hydrogens is 238 g/mol. The fraction of sp³-hybridized carbons (Fsp3) is 0.938. The molecule has 1 spiro atoms. The molecule has 1 saturated heterocycles. The zero-order valence-electron chi connectivity index (χ0n) is 12.4. The summed E-state index contributed by atoms with van der Waals surface area (Å²) in [5.74, 6) is 0.606. The van der Waals surface area contributed by atoms with Crippen molar-refractivity contribution < 1.29 is 9.47 Å². The first-order valence-corrected chi connectivity index (χ1v) is 7.95. The second-order valence-electron chi connectivity index (χ2n) is 5.98. The molecule has 0 aromatic carbocycles. The molecule has 0 aromatic rings. The monoisotopic (exact) mass is 265 g/mol. The van der Waals surface area contributed by atoms with Gasteiger partial charge in [-0.25, -0.2) is 0 Å². The van der Waals surface area contributed by atoms with E-state index in [1.165, 1.54) is 19.3 Å². The number of hydrogen-bond acceptors (Lipinski definition) is 3. The Bertz CT molecular complexity index is 314. The first-order chi connectivity index (χ1) is 9.26. The van der Waals surface area contributed by atoms with E-state index in [0.29, 0.717) is 0 Å². The molecule has 2 saturated carbocycles. The van der Waals surface area contributed by atoms with Crippen molar-refractivity contribution in [2.75, 3.05) is 13.2 Å². The van der Waals surface area contributed by atoms with Crippen LogP contribution in [0.4, 0.5) is 0 Å². The van der Waals surface area contributed by atoms with E-state index >= 15 is 0 Å². The van der Waals surface area contributed by atoms with Gasteiger partial charge in [0.2, 0.25) is 0 Å². The molecule has 0 atom stereocenters. The second kappa shape index (κ2) is 6.24. The minimum absolute atomic E-state index is 0.0802. The molecular formula is C16H27NO2. The lowest BCUT2D eigenvalue weighted by atomic mass is 9.70. The van der Waals surface area contributed by atoms with Crippen molar-refractivity contribution in [3.63, 3.8) is 0 Å². The molecule has 1 heterocycles. The van der Waals surface area contributed by atoms with Crippen molar-refractivity contribution in [3.8, 4) is 6.07 Å². The van der Waals surface area contributed by atoms with Crippen LogP contribution in [0.3, 0.4) is 0 Å². The van der Waals surface area contributed by atoms with Crippen LogP contribution in [0, 0.1) is 22.7 Å². The molecule has 108 valence electrons. The predicted molar refractivity (Wildman–Crippen MR) is 74.5 cm³/mol. The van der Waals surface area contributed by atoms with Crippen LogP contribution in [0.1, 0.15) is 65.2 Å². The molecule has 1 aliphatic heterocycles. The molecule has 3 fully saturated rings. The normalized spacial score (nSPS) is 27.4. The number of nitrogens with zero attached hydrogens (tertiary/aromatic N) is 1. The Kier molecular flexibility index (Phi) is 4.86. The summed E-state index contributed by atoms with van der Waals surface area (Å²) in [6.45, 7) is 5.45. The Morgan fingerprint density at radius 1 is 1.05 bits per heavy atom. The van der Waals surface area contributed by atoms with Gasteiger partial charge in [0, 0.05) is 12.8 Å². The van der Waals surface area contributed by atoms with E-state index in [2.05, 4.69) is 6.07 Å². The Labute approximate surface area is 117 Å². The summed E-state index contributed by atoms with van der Waals surface area (Å²) in [6.07, 6.45) is 8.84. The minimum Gasteiger partial charge on any atom is -0.348 e. The van der Waals surface area contributed by atoms with Crippen LogP contribution in [0.15, 0.2) is 0 Å². The van der Waals surface area contributed by atoms with E-state index in [1.807, 2.05) is 13.8 Å². The highest BCUT2D eigenvalue weighted by Gasteiger charge is 2.46. The van der Waals surface area contributed by atoms with Gasteiger partial charge in [-0.1, -0.05) is 26.7 Å². The summed E-state index contributed by atoms with van der Waals surface area (Å²) in [7, 11) is 0. The van der Waals surface area contributed by atoms with E-state index in [0.717, 1.165) is 51.2 Å². The van der Waals surface area contributed by atoms with Gasteiger partial charge in [0.05, 0.1) is 24.7 Å². The van der Waals surface area contributed by atoms with Gasteiger partial charge in [-0.3, -0.25) is 0 Å². The van der Waals surface area contributed by atoms with Crippen LogP contribution in [-0.2, 0) is 9.47 Å². The lowest BCUT2D eigenvalue weighted by Crippen LogP contribution is -2.39. The van der Waals surface area contributed by atoms with E-state index in [-0.39, 0.29) is 11.2 Å². The van der Waals surface area contributed by atoms with Gasteiger partial charge >= 0.3 is 0 Å². The van der Waals surface area contributed by atoms with Crippen LogP contribution in [-0.4, -0.2) is 19.0 Å². The third-order valence-electron chi connectivity index (χ3n) is 4.75. The molecule has 3 nitrogen and oxygen atoms in total. The van der Waals surface area contributed by atoms with Crippen LogP contribution in [0.5, 0.6) is 0 Å². The van der Waals surface area contributed by atoms with E-state index in [9.17, 15) is 5.26 Å². The zero-order valence-corrected chi connectivity index (χ0v) is 12.4. The molecule has 0 aromatic heterocycles. The third kappa shape index (κ3) is 3.49. The Hall–Kier alpha value is -0.590. The quantitative estimate of drug-likeness (QED) is 0.773. The summed E-state index contributed by atoms with van der Waals surface area (Å²) in [5.41, 5.74) is -0.0802. The fourth-order valence-electron chi connectivity index (χ4n) is 3.20. The summed E-state index contributed by atoms with van der Waals surface area (Å²) >= 11 is 0. The smallest absolute Gasteiger partial charge is 0.168 e. The van der Waals surface area contributed by atoms with Gasteiger partial charge in [-0.05, 0) is 31.6 Å². The molecule has 0 amide bonds. The average molecular weight is 265 g/mol. The molecule has 3 aliphatic rings. The van der Waals surface area contributed by atoms with Crippen LogP contribution >= 0.6 is 0 Å². The zero-order chi connectivity index (χ0) is 13.8. The van der Waals surface area contributed by atoms with Crippen LogP contribution in [0.25, 0.3) is 0 Å². The van der Waals surface area contributed by atoms with Crippen molar-refractivity contribution in [1.29, 1.82) is 5.26 Å². The summed E-state index contributed by atoms with van der Waals surface area (Å²) in [6, 6.07) is 2.60.